The first kappa shape index (κ1) is 18.3. The van der Waals surface area contributed by atoms with Gasteiger partial charge < -0.3 is 15.8 Å². The summed E-state index contributed by atoms with van der Waals surface area (Å²) in [6.07, 6.45) is 0.0194. The number of hydrogen-bond acceptors (Lipinski definition) is 7. The van der Waals surface area contributed by atoms with Crippen LogP contribution in [-0.2, 0) is 11.3 Å². The van der Waals surface area contributed by atoms with Crippen LogP contribution in [0.1, 0.15) is 17.5 Å². The van der Waals surface area contributed by atoms with Gasteiger partial charge in [0.15, 0.2) is 0 Å². The number of benzene rings is 2. The van der Waals surface area contributed by atoms with E-state index >= 15 is 0 Å². The summed E-state index contributed by atoms with van der Waals surface area (Å²) in [5.74, 6) is 0.747. The SMILES string of the molecule is Nc1nc(CN2CCOC(c3ccccc3)C2)nc(Nc2ccc(F)cc2)n1. The van der Waals surface area contributed by atoms with Gasteiger partial charge in [-0.1, -0.05) is 30.3 Å². The minimum Gasteiger partial charge on any atom is -0.371 e. The molecular formula is C20H21FN6O. The molecule has 4 rings (SSSR count). The summed E-state index contributed by atoms with van der Waals surface area (Å²) >= 11 is 0. The summed E-state index contributed by atoms with van der Waals surface area (Å²) in [4.78, 5) is 15.1. The van der Waals surface area contributed by atoms with Crippen molar-refractivity contribution in [2.45, 2.75) is 12.6 Å². The van der Waals surface area contributed by atoms with Gasteiger partial charge in [0.25, 0.3) is 0 Å². The summed E-state index contributed by atoms with van der Waals surface area (Å²) in [6.45, 7) is 2.71. The number of aromatic nitrogens is 3. The van der Waals surface area contributed by atoms with Crippen molar-refractivity contribution >= 4 is 17.6 Å². The number of hydrogen-bond donors (Lipinski definition) is 2. The molecule has 0 saturated carbocycles. The van der Waals surface area contributed by atoms with Crippen LogP contribution in [0.4, 0.5) is 22.0 Å². The molecule has 1 atom stereocenters. The Balaban J connectivity index is 1.45. The largest absolute Gasteiger partial charge is 0.371 e. The van der Waals surface area contributed by atoms with Crippen molar-refractivity contribution in [1.82, 2.24) is 19.9 Å². The fourth-order valence-corrected chi connectivity index (χ4v) is 3.14. The Morgan fingerprint density at radius 3 is 2.64 bits per heavy atom. The Hall–Kier alpha value is -3.10. The number of halogens is 1. The van der Waals surface area contributed by atoms with Crippen LogP contribution in [0.25, 0.3) is 0 Å². The Morgan fingerprint density at radius 2 is 1.86 bits per heavy atom. The molecule has 2 heterocycles. The molecule has 1 aromatic heterocycles. The summed E-state index contributed by atoms with van der Waals surface area (Å²) in [5.41, 5.74) is 7.68. The molecule has 28 heavy (non-hydrogen) atoms. The highest BCUT2D eigenvalue weighted by atomic mass is 19.1. The standard InChI is InChI=1S/C20H21FN6O/c21-15-6-8-16(9-7-15)23-20-25-18(24-19(22)26-20)13-27-10-11-28-17(12-27)14-4-2-1-3-5-14/h1-9,17H,10-13H2,(H3,22,23,24,25,26). The van der Waals surface area contributed by atoms with Crippen molar-refractivity contribution in [1.29, 1.82) is 0 Å². The van der Waals surface area contributed by atoms with Gasteiger partial charge in [0.1, 0.15) is 11.6 Å². The van der Waals surface area contributed by atoms with Gasteiger partial charge in [-0.25, -0.2) is 4.39 Å². The molecule has 1 saturated heterocycles. The van der Waals surface area contributed by atoms with Gasteiger partial charge in [-0.15, -0.1) is 0 Å². The molecule has 144 valence electrons. The molecule has 0 radical (unpaired) electrons. The van der Waals surface area contributed by atoms with Gasteiger partial charge in [-0.2, -0.15) is 15.0 Å². The van der Waals surface area contributed by atoms with Crippen molar-refractivity contribution in [3.8, 4) is 0 Å². The van der Waals surface area contributed by atoms with Crippen LogP contribution in [0.5, 0.6) is 0 Å². The Bertz CT molecular complexity index is 922. The first-order valence-electron chi connectivity index (χ1n) is 9.07. The normalized spacial score (nSPS) is 17.4. The van der Waals surface area contributed by atoms with Gasteiger partial charge in [0.05, 0.1) is 19.3 Å². The van der Waals surface area contributed by atoms with Gasteiger partial charge >= 0.3 is 0 Å². The van der Waals surface area contributed by atoms with E-state index in [4.69, 9.17) is 10.5 Å². The van der Waals surface area contributed by atoms with Crippen molar-refractivity contribution in [3.63, 3.8) is 0 Å². The van der Waals surface area contributed by atoms with Crippen LogP contribution in [0.2, 0.25) is 0 Å². The number of rotatable bonds is 5. The molecule has 8 heteroatoms. The maximum atomic E-state index is 13.1. The molecule has 0 spiro atoms. The van der Waals surface area contributed by atoms with E-state index in [2.05, 4.69) is 37.3 Å². The molecule has 0 bridgehead atoms. The highest BCUT2D eigenvalue weighted by molar-refractivity contribution is 5.53. The lowest BCUT2D eigenvalue weighted by atomic mass is 10.1. The topological polar surface area (TPSA) is 89.2 Å². The minimum absolute atomic E-state index is 0.0194. The summed E-state index contributed by atoms with van der Waals surface area (Å²) < 4.78 is 19.0. The molecule has 1 fully saturated rings. The molecule has 0 aliphatic carbocycles. The molecule has 1 aliphatic rings. The second kappa shape index (κ2) is 8.28. The number of nitrogens with zero attached hydrogens (tertiary/aromatic N) is 4. The molecule has 3 N–H and O–H groups in total. The van der Waals surface area contributed by atoms with E-state index in [9.17, 15) is 4.39 Å². The monoisotopic (exact) mass is 380 g/mol. The molecule has 0 amide bonds. The van der Waals surface area contributed by atoms with Crippen molar-refractivity contribution in [2.75, 3.05) is 30.7 Å². The molecule has 1 aliphatic heterocycles. The van der Waals surface area contributed by atoms with E-state index in [1.54, 1.807) is 12.1 Å². The lowest BCUT2D eigenvalue weighted by Crippen LogP contribution is -2.38. The predicted molar refractivity (Wildman–Crippen MR) is 104 cm³/mol. The minimum atomic E-state index is -0.304. The third kappa shape index (κ3) is 4.59. The Labute approximate surface area is 162 Å². The van der Waals surface area contributed by atoms with Crippen molar-refractivity contribution in [2.24, 2.45) is 0 Å². The van der Waals surface area contributed by atoms with E-state index in [1.807, 2.05) is 18.2 Å². The lowest BCUT2D eigenvalue weighted by molar-refractivity contribution is -0.0336. The molecular weight excluding hydrogens is 359 g/mol. The third-order valence-electron chi connectivity index (χ3n) is 4.49. The van der Waals surface area contributed by atoms with Crippen molar-refractivity contribution < 1.29 is 9.13 Å². The highest BCUT2D eigenvalue weighted by Crippen LogP contribution is 2.23. The van der Waals surface area contributed by atoms with Gasteiger partial charge in [0, 0.05) is 18.8 Å². The van der Waals surface area contributed by atoms with Crippen LogP contribution in [0, 0.1) is 5.82 Å². The van der Waals surface area contributed by atoms with Crippen LogP contribution in [0.3, 0.4) is 0 Å². The van der Waals surface area contributed by atoms with Crippen LogP contribution >= 0.6 is 0 Å². The second-order valence-corrected chi connectivity index (χ2v) is 6.57. The fraction of sp³-hybridized carbons (Fsp3) is 0.250. The van der Waals surface area contributed by atoms with Crippen LogP contribution in [-0.4, -0.2) is 39.5 Å². The molecule has 2 aromatic carbocycles. The average Bonchev–Trinajstić information content (AvgIpc) is 2.70. The van der Waals surface area contributed by atoms with E-state index in [0.29, 0.717) is 30.6 Å². The first-order valence-corrected chi connectivity index (χ1v) is 9.07. The van der Waals surface area contributed by atoms with Crippen LogP contribution in [0.15, 0.2) is 54.6 Å². The van der Waals surface area contributed by atoms with Gasteiger partial charge in [0.2, 0.25) is 11.9 Å². The van der Waals surface area contributed by atoms with E-state index < -0.39 is 0 Å². The summed E-state index contributed by atoms with van der Waals surface area (Å²) in [5, 5.41) is 3.03. The van der Waals surface area contributed by atoms with Crippen LogP contribution < -0.4 is 11.1 Å². The fourth-order valence-electron chi connectivity index (χ4n) is 3.14. The zero-order chi connectivity index (χ0) is 19.3. The number of morpholine rings is 1. The number of ether oxygens (including phenoxy) is 1. The molecule has 1 unspecified atom stereocenters. The predicted octanol–water partition coefficient (Wildman–Crippen LogP) is 2.91. The zero-order valence-electron chi connectivity index (χ0n) is 15.3. The second-order valence-electron chi connectivity index (χ2n) is 6.57. The average molecular weight is 380 g/mol. The number of nitrogen functional groups attached to an aromatic ring is 1. The van der Waals surface area contributed by atoms with Crippen molar-refractivity contribution in [3.05, 3.63) is 71.8 Å². The quantitative estimate of drug-likeness (QED) is 0.703. The number of anilines is 3. The third-order valence-corrected chi connectivity index (χ3v) is 4.49. The van der Waals surface area contributed by atoms with Gasteiger partial charge in [-0.05, 0) is 29.8 Å². The van der Waals surface area contributed by atoms with E-state index in [1.165, 1.54) is 12.1 Å². The summed E-state index contributed by atoms with van der Waals surface area (Å²) in [6, 6.07) is 16.1. The number of nitrogens with two attached hydrogens (primary N) is 1. The Morgan fingerprint density at radius 1 is 1.07 bits per heavy atom. The molecule has 7 nitrogen and oxygen atoms in total. The summed E-state index contributed by atoms with van der Waals surface area (Å²) in [7, 11) is 0. The zero-order valence-corrected chi connectivity index (χ0v) is 15.3. The molecule has 3 aromatic rings. The smallest absolute Gasteiger partial charge is 0.232 e. The lowest BCUT2D eigenvalue weighted by Gasteiger charge is -2.32. The maximum Gasteiger partial charge on any atom is 0.232 e. The first-order chi connectivity index (χ1) is 13.7. The highest BCUT2D eigenvalue weighted by Gasteiger charge is 2.22. The number of nitrogens with one attached hydrogen (secondary N) is 1. The van der Waals surface area contributed by atoms with Gasteiger partial charge in [-0.3, -0.25) is 4.90 Å². The Kier molecular flexibility index (Phi) is 5.41. The maximum absolute atomic E-state index is 13.1. The van der Waals surface area contributed by atoms with E-state index in [-0.39, 0.29) is 17.9 Å². The van der Waals surface area contributed by atoms with E-state index in [0.717, 1.165) is 18.7 Å².